The minimum Gasteiger partial charge on any atom is -0.369 e. The molecule has 0 aliphatic carbocycles. The number of hydrogen-bond acceptors (Lipinski definition) is 12. The van der Waals surface area contributed by atoms with Crippen LogP contribution in [-0.4, -0.2) is 64.5 Å². The molecule has 0 aromatic carbocycles. The Labute approximate surface area is 189 Å². The monoisotopic (exact) mass is 545 g/mol. The van der Waals surface area contributed by atoms with Crippen molar-refractivity contribution in [3.63, 3.8) is 0 Å². The summed E-state index contributed by atoms with van der Waals surface area (Å²) in [5.41, 5.74) is 5.02. The summed E-state index contributed by atoms with van der Waals surface area (Å²) in [5.74, 6) is 2.05. The number of phosphoric ester groups is 1. The lowest BCUT2D eigenvalue weighted by Crippen LogP contribution is -2.29. The summed E-state index contributed by atoms with van der Waals surface area (Å²) in [6.45, 7) is -0.944. The van der Waals surface area contributed by atoms with Crippen molar-refractivity contribution in [1.29, 1.82) is 0 Å². The smallest absolute Gasteiger partial charge is 0.369 e. The molecule has 0 spiro atoms. The van der Waals surface area contributed by atoms with Crippen LogP contribution in [0.2, 0.25) is 0 Å². The number of aromatic nitrogens is 4. The van der Waals surface area contributed by atoms with Gasteiger partial charge in [-0.3, -0.25) is 18.9 Å². The van der Waals surface area contributed by atoms with E-state index in [2.05, 4.69) is 34.0 Å². The molecule has 21 heteroatoms. The largest absolute Gasteiger partial charge is 0.490 e. The van der Waals surface area contributed by atoms with E-state index in [0.29, 0.717) is 0 Å². The first-order valence-corrected chi connectivity index (χ1v) is 13.4. The molecule has 7 N–H and O–H groups in total. The second-order valence-corrected chi connectivity index (χ2v) is 11.0. The first-order chi connectivity index (χ1) is 15.7. The molecule has 1 aliphatic heterocycles. The molecule has 18 nitrogen and oxygen atoms in total. The molecular weight excluding hydrogens is 527 g/mol. The van der Waals surface area contributed by atoms with Gasteiger partial charge in [-0.1, -0.05) is 5.92 Å². The molecule has 1 fully saturated rings. The van der Waals surface area contributed by atoms with Crippen molar-refractivity contribution < 1.29 is 55.9 Å². The number of aromatic amines is 1. The standard InChI is InChI=1S/C13H18N5O13P3/c1-2-3-27-7-4-9(18-6-15-10-11(18)16-13(14)17-12(10)19)29-8(7)5-28-33(23,24)31-34(25,26)30-32(20,21)22/h1,6-9H,3-5H2,(H,23,24)(H,25,26)(H2,20,21,22)(H3,14,16,17,19)/t7?,8-,9-/m1/s1. The third-order valence-corrected chi connectivity index (χ3v) is 7.94. The fraction of sp³-hybridized carbons (Fsp3) is 0.462. The van der Waals surface area contributed by atoms with E-state index < -0.39 is 54.1 Å². The number of anilines is 1. The number of fused-ring (bicyclic) bond motifs is 1. The summed E-state index contributed by atoms with van der Waals surface area (Å²) in [6, 6.07) is 0. The van der Waals surface area contributed by atoms with Gasteiger partial charge in [0.25, 0.3) is 5.56 Å². The quantitative estimate of drug-likeness (QED) is 0.160. The van der Waals surface area contributed by atoms with E-state index in [9.17, 15) is 28.3 Å². The lowest BCUT2D eigenvalue weighted by molar-refractivity contribution is -0.0544. The number of hydrogen-bond donors (Lipinski definition) is 6. The van der Waals surface area contributed by atoms with Crippen LogP contribution in [0.1, 0.15) is 12.6 Å². The Bertz CT molecular complexity index is 1300. The van der Waals surface area contributed by atoms with Gasteiger partial charge < -0.3 is 34.8 Å². The summed E-state index contributed by atoms with van der Waals surface area (Å²) in [6.07, 6.45) is 3.68. The number of imidazole rings is 1. The highest BCUT2D eigenvalue weighted by molar-refractivity contribution is 7.66. The molecule has 3 unspecified atom stereocenters. The van der Waals surface area contributed by atoms with Crippen molar-refractivity contribution in [3.05, 3.63) is 16.7 Å². The van der Waals surface area contributed by atoms with Gasteiger partial charge in [-0.2, -0.15) is 13.6 Å². The Morgan fingerprint density at radius 2 is 1.97 bits per heavy atom. The zero-order chi connectivity index (χ0) is 25.3. The molecule has 3 rings (SSSR count). The van der Waals surface area contributed by atoms with Crippen molar-refractivity contribution in [1.82, 2.24) is 19.5 Å². The molecule has 1 aliphatic rings. The number of phosphoric acid groups is 3. The number of H-pyrrole nitrogens is 1. The van der Waals surface area contributed by atoms with Crippen LogP contribution in [-0.2, 0) is 36.3 Å². The molecule has 5 atom stereocenters. The van der Waals surface area contributed by atoms with Gasteiger partial charge >= 0.3 is 23.5 Å². The van der Waals surface area contributed by atoms with Crippen LogP contribution in [0.15, 0.2) is 11.1 Å². The van der Waals surface area contributed by atoms with E-state index in [-0.39, 0.29) is 30.1 Å². The van der Waals surface area contributed by atoms with E-state index in [4.69, 9.17) is 31.4 Å². The maximum absolute atomic E-state index is 12.0. The first kappa shape index (κ1) is 26.6. The van der Waals surface area contributed by atoms with Gasteiger partial charge in [-0.05, 0) is 0 Å². The maximum Gasteiger partial charge on any atom is 0.490 e. The molecule has 1 saturated heterocycles. The Balaban J connectivity index is 1.75. The third kappa shape index (κ3) is 6.80. The van der Waals surface area contributed by atoms with E-state index in [1.807, 2.05) is 0 Å². The van der Waals surface area contributed by atoms with Crippen molar-refractivity contribution in [2.24, 2.45) is 0 Å². The molecule has 0 amide bonds. The van der Waals surface area contributed by atoms with E-state index in [0.717, 1.165) is 0 Å². The Kier molecular flexibility index (Phi) is 7.80. The summed E-state index contributed by atoms with van der Waals surface area (Å²) >= 11 is 0. The number of nitrogen functional groups attached to an aromatic ring is 1. The van der Waals surface area contributed by atoms with Gasteiger partial charge in [0.2, 0.25) is 5.95 Å². The number of terminal acetylenes is 1. The van der Waals surface area contributed by atoms with Crippen LogP contribution in [0, 0.1) is 12.3 Å². The third-order valence-electron chi connectivity index (χ3n) is 4.14. The van der Waals surface area contributed by atoms with Crippen molar-refractivity contribution >= 4 is 40.6 Å². The normalized spacial score (nSPS) is 24.5. The maximum atomic E-state index is 12.0. The zero-order valence-electron chi connectivity index (χ0n) is 16.7. The Hall–Kier alpha value is -1.96. The first-order valence-electron chi connectivity index (χ1n) is 8.91. The van der Waals surface area contributed by atoms with Crippen LogP contribution in [0.3, 0.4) is 0 Å². The van der Waals surface area contributed by atoms with Gasteiger partial charge in [-0.25, -0.2) is 18.7 Å². The number of nitrogens with one attached hydrogen (secondary N) is 1. The van der Waals surface area contributed by atoms with Crippen molar-refractivity contribution in [2.75, 3.05) is 18.9 Å². The summed E-state index contributed by atoms with van der Waals surface area (Å²) in [5, 5.41) is 0. The van der Waals surface area contributed by atoms with E-state index in [1.165, 1.54) is 10.9 Å². The Morgan fingerprint density at radius 1 is 1.26 bits per heavy atom. The van der Waals surface area contributed by atoms with Crippen LogP contribution in [0.25, 0.3) is 11.2 Å². The molecule has 188 valence electrons. The average Bonchev–Trinajstić information content (AvgIpc) is 3.25. The highest BCUT2D eigenvalue weighted by Gasteiger charge is 2.43. The SMILES string of the molecule is C#CCOC1C[C@H](n2cnc3c(=O)[nH]c(N)nc32)O[C@@H]1COP(=O)(O)OP(=O)(O)OP(=O)(O)O. The summed E-state index contributed by atoms with van der Waals surface area (Å²) < 4.78 is 58.6. The van der Waals surface area contributed by atoms with Gasteiger partial charge in [-0.15, -0.1) is 6.42 Å². The molecule has 2 aromatic rings. The second-order valence-electron chi connectivity index (χ2n) is 6.58. The zero-order valence-corrected chi connectivity index (χ0v) is 19.4. The van der Waals surface area contributed by atoms with Crippen LogP contribution in [0.5, 0.6) is 0 Å². The lowest BCUT2D eigenvalue weighted by Gasteiger charge is -2.20. The predicted octanol–water partition coefficient (Wildman–Crippen LogP) is -0.649. The molecular formula is C13H18N5O13P3. The van der Waals surface area contributed by atoms with Gasteiger partial charge in [0.1, 0.15) is 18.9 Å². The fourth-order valence-electron chi connectivity index (χ4n) is 2.98. The van der Waals surface area contributed by atoms with Crippen LogP contribution >= 0.6 is 23.5 Å². The summed E-state index contributed by atoms with van der Waals surface area (Å²) in [4.78, 5) is 58.2. The molecule has 34 heavy (non-hydrogen) atoms. The number of ether oxygens (including phenoxy) is 2. The summed E-state index contributed by atoms with van der Waals surface area (Å²) in [7, 11) is -16.6. The average molecular weight is 545 g/mol. The van der Waals surface area contributed by atoms with Crippen molar-refractivity contribution in [2.45, 2.75) is 24.9 Å². The number of nitrogens with zero attached hydrogens (tertiary/aromatic N) is 3. The van der Waals surface area contributed by atoms with Gasteiger partial charge in [0.05, 0.1) is 19.0 Å². The van der Waals surface area contributed by atoms with Gasteiger partial charge in [0.15, 0.2) is 11.2 Å². The minimum atomic E-state index is -5.68. The fourth-order valence-corrected chi connectivity index (χ4v) is 6.01. The topological polar surface area (TPSA) is 268 Å². The second kappa shape index (κ2) is 9.96. The molecule has 0 saturated carbocycles. The lowest BCUT2D eigenvalue weighted by atomic mass is 10.2. The Morgan fingerprint density at radius 3 is 2.62 bits per heavy atom. The minimum absolute atomic E-state index is 0.0318. The highest BCUT2D eigenvalue weighted by atomic mass is 31.3. The number of nitrogens with two attached hydrogens (primary N) is 1. The van der Waals surface area contributed by atoms with Crippen molar-refractivity contribution in [3.8, 4) is 12.3 Å². The molecule has 0 radical (unpaired) electrons. The van der Waals surface area contributed by atoms with E-state index >= 15 is 0 Å². The molecule has 2 aromatic heterocycles. The van der Waals surface area contributed by atoms with E-state index in [1.54, 1.807) is 0 Å². The van der Waals surface area contributed by atoms with Crippen LogP contribution < -0.4 is 11.3 Å². The highest BCUT2D eigenvalue weighted by Crippen LogP contribution is 2.66. The predicted molar refractivity (Wildman–Crippen MR) is 109 cm³/mol. The molecule has 0 bridgehead atoms. The number of rotatable bonds is 10. The van der Waals surface area contributed by atoms with Crippen LogP contribution in [0.4, 0.5) is 5.95 Å². The molecule has 3 heterocycles. The van der Waals surface area contributed by atoms with Gasteiger partial charge in [0, 0.05) is 6.42 Å².